The molecule has 3 rings (SSSR count). The van der Waals surface area contributed by atoms with Gasteiger partial charge in [-0.25, -0.2) is 0 Å². The number of hydrogen-bond donors (Lipinski definition) is 1. The molecule has 1 nitrogen and oxygen atoms in total. The molecule has 0 unspecified atom stereocenters. The first-order valence-electron chi connectivity index (χ1n) is 8.37. The Kier molecular flexibility index (Phi) is 5.69. The van der Waals surface area contributed by atoms with Crippen molar-refractivity contribution in [2.45, 2.75) is 5.60 Å². The zero-order valence-corrected chi connectivity index (χ0v) is 14.3. The van der Waals surface area contributed by atoms with Gasteiger partial charge in [0.1, 0.15) is 0 Å². The summed E-state index contributed by atoms with van der Waals surface area (Å²) in [4.78, 5) is 0. The van der Waals surface area contributed by atoms with Gasteiger partial charge in [0.15, 0.2) is 0 Å². The molecule has 3 aromatic carbocycles. The van der Waals surface area contributed by atoms with Crippen molar-refractivity contribution in [3.63, 3.8) is 0 Å². The van der Waals surface area contributed by atoms with E-state index in [1.165, 1.54) is 0 Å². The lowest BCUT2D eigenvalue weighted by Gasteiger charge is -2.09. The SMILES string of the molecule is OC(C#Cc1ccccc1)(C#Cc1ccccc1)/C=C/c1ccccc1. The van der Waals surface area contributed by atoms with Crippen molar-refractivity contribution < 1.29 is 5.11 Å². The summed E-state index contributed by atoms with van der Waals surface area (Å²) < 4.78 is 0. The number of rotatable bonds is 2. The summed E-state index contributed by atoms with van der Waals surface area (Å²) in [5.41, 5.74) is 1.11. The molecular formula is C25H18O. The standard InChI is InChI=1S/C25H18O/c26-25(19-16-22-10-4-1-5-11-22,20-17-23-12-6-2-7-13-23)21-18-24-14-8-3-9-15-24/h1-16,19,26H/b19-16+. The number of aliphatic hydroxyl groups is 1. The molecule has 0 spiro atoms. The fraction of sp³-hybridized carbons (Fsp3) is 0.0400. The Hall–Kier alpha value is -3.52. The van der Waals surface area contributed by atoms with E-state index in [-0.39, 0.29) is 0 Å². The van der Waals surface area contributed by atoms with Crippen LogP contribution in [-0.2, 0) is 0 Å². The van der Waals surface area contributed by atoms with E-state index in [4.69, 9.17) is 0 Å². The number of benzene rings is 3. The molecule has 0 amide bonds. The van der Waals surface area contributed by atoms with Gasteiger partial charge in [-0.15, -0.1) is 0 Å². The average molecular weight is 334 g/mol. The molecular weight excluding hydrogens is 316 g/mol. The Labute approximate surface area is 154 Å². The van der Waals surface area contributed by atoms with Crippen LogP contribution < -0.4 is 0 Å². The fourth-order valence-corrected chi connectivity index (χ4v) is 2.27. The van der Waals surface area contributed by atoms with Crippen molar-refractivity contribution in [2.75, 3.05) is 0 Å². The second-order valence-corrected chi connectivity index (χ2v) is 5.74. The van der Waals surface area contributed by atoms with Crippen molar-refractivity contribution in [2.24, 2.45) is 0 Å². The van der Waals surface area contributed by atoms with E-state index in [0.717, 1.165) is 16.7 Å². The van der Waals surface area contributed by atoms with Gasteiger partial charge < -0.3 is 5.11 Å². The third kappa shape index (κ3) is 5.25. The van der Waals surface area contributed by atoms with Gasteiger partial charge in [-0.05, 0) is 47.7 Å². The van der Waals surface area contributed by atoms with Crippen LogP contribution in [0.5, 0.6) is 0 Å². The summed E-state index contributed by atoms with van der Waals surface area (Å²) >= 11 is 0. The molecule has 0 heterocycles. The molecule has 0 aromatic heterocycles. The zero-order chi connectivity index (χ0) is 18.1. The minimum absolute atomic E-state index is 0.834. The van der Waals surface area contributed by atoms with Crippen LogP contribution in [0, 0.1) is 23.7 Å². The second kappa shape index (κ2) is 8.54. The lowest BCUT2D eigenvalue weighted by Crippen LogP contribution is -2.20. The molecule has 0 aliphatic carbocycles. The van der Waals surface area contributed by atoms with Gasteiger partial charge in [0.2, 0.25) is 5.60 Å². The first kappa shape index (κ1) is 17.3. The Bertz CT molecular complexity index is 922. The van der Waals surface area contributed by atoms with Crippen LogP contribution in [0.15, 0.2) is 97.1 Å². The lowest BCUT2D eigenvalue weighted by atomic mass is 10.0. The average Bonchev–Trinajstić information content (AvgIpc) is 2.72. The van der Waals surface area contributed by atoms with E-state index in [1.54, 1.807) is 6.08 Å². The van der Waals surface area contributed by atoms with Gasteiger partial charge in [-0.1, -0.05) is 84.6 Å². The van der Waals surface area contributed by atoms with E-state index in [0.29, 0.717) is 0 Å². The van der Waals surface area contributed by atoms with Gasteiger partial charge in [0, 0.05) is 11.1 Å². The molecule has 1 heteroatoms. The predicted molar refractivity (Wildman–Crippen MR) is 107 cm³/mol. The number of hydrogen-bond acceptors (Lipinski definition) is 1. The van der Waals surface area contributed by atoms with Crippen LogP contribution in [0.3, 0.4) is 0 Å². The van der Waals surface area contributed by atoms with Crippen molar-refractivity contribution >= 4 is 6.08 Å². The molecule has 0 aliphatic heterocycles. The van der Waals surface area contributed by atoms with Gasteiger partial charge in [0.25, 0.3) is 0 Å². The van der Waals surface area contributed by atoms with Gasteiger partial charge in [-0.3, -0.25) is 0 Å². The molecule has 26 heavy (non-hydrogen) atoms. The summed E-state index contributed by atoms with van der Waals surface area (Å²) in [6, 6.07) is 28.9. The topological polar surface area (TPSA) is 20.2 Å². The summed E-state index contributed by atoms with van der Waals surface area (Å²) in [7, 11) is 0. The minimum Gasteiger partial charge on any atom is -0.364 e. The predicted octanol–water partition coefficient (Wildman–Crippen LogP) is 4.53. The first-order valence-corrected chi connectivity index (χ1v) is 8.37. The van der Waals surface area contributed by atoms with E-state index in [9.17, 15) is 5.11 Å². The summed E-state index contributed by atoms with van der Waals surface area (Å²) in [6.45, 7) is 0. The van der Waals surface area contributed by atoms with Gasteiger partial charge in [-0.2, -0.15) is 0 Å². The van der Waals surface area contributed by atoms with Gasteiger partial charge in [0.05, 0.1) is 0 Å². The quantitative estimate of drug-likeness (QED) is 0.683. The maximum Gasteiger partial charge on any atom is 0.207 e. The third-order valence-corrected chi connectivity index (χ3v) is 3.66. The first-order chi connectivity index (χ1) is 12.7. The molecule has 0 saturated carbocycles. The summed E-state index contributed by atoms with van der Waals surface area (Å²) in [5.74, 6) is 11.8. The van der Waals surface area contributed by atoms with Crippen LogP contribution in [0.2, 0.25) is 0 Å². The smallest absolute Gasteiger partial charge is 0.207 e. The monoisotopic (exact) mass is 334 g/mol. The molecule has 3 aromatic rings. The molecule has 0 fully saturated rings. The van der Waals surface area contributed by atoms with Crippen molar-refractivity contribution in [1.29, 1.82) is 0 Å². The normalized spacial score (nSPS) is 10.5. The highest BCUT2D eigenvalue weighted by Crippen LogP contribution is 2.10. The van der Waals surface area contributed by atoms with E-state index >= 15 is 0 Å². The second-order valence-electron chi connectivity index (χ2n) is 5.74. The largest absolute Gasteiger partial charge is 0.364 e. The highest BCUT2D eigenvalue weighted by atomic mass is 16.3. The van der Waals surface area contributed by atoms with Gasteiger partial charge >= 0.3 is 0 Å². The van der Waals surface area contributed by atoms with E-state index in [1.807, 2.05) is 97.1 Å². The molecule has 0 bridgehead atoms. The molecule has 0 atom stereocenters. The molecule has 0 aliphatic rings. The summed E-state index contributed by atoms with van der Waals surface area (Å²) in [5, 5.41) is 11.0. The molecule has 1 N–H and O–H groups in total. The molecule has 0 saturated heterocycles. The van der Waals surface area contributed by atoms with Crippen LogP contribution in [0.1, 0.15) is 16.7 Å². The van der Waals surface area contributed by atoms with Crippen LogP contribution >= 0.6 is 0 Å². The minimum atomic E-state index is -1.54. The highest BCUT2D eigenvalue weighted by Gasteiger charge is 2.16. The Balaban J connectivity index is 1.94. The van der Waals surface area contributed by atoms with Crippen LogP contribution in [0.25, 0.3) is 6.08 Å². The van der Waals surface area contributed by atoms with Crippen molar-refractivity contribution in [1.82, 2.24) is 0 Å². The maximum absolute atomic E-state index is 11.0. The van der Waals surface area contributed by atoms with E-state index < -0.39 is 5.60 Å². The highest BCUT2D eigenvalue weighted by molar-refractivity contribution is 5.56. The summed E-state index contributed by atoms with van der Waals surface area (Å²) in [6.07, 6.45) is 3.47. The zero-order valence-electron chi connectivity index (χ0n) is 14.3. The van der Waals surface area contributed by atoms with Crippen molar-refractivity contribution in [3.8, 4) is 23.7 Å². The fourth-order valence-electron chi connectivity index (χ4n) is 2.27. The lowest BCUT2D eigenvalue weighted by molar-refractivity contribution is 0.215. The Morgan fingerprint density at radius 3 is 1.50 bits per heavy atom. The van der Waals surface area contributed by atoms with Crippen LogP contribution in [-0.4, -0.2) is 10.7 Å². The maximum atomic E-state index is 11.0. The van der Waals surface area contributed by atoms with Crippen molar-refractivity contribution in [3.05, 3.63) is 114 Å². The Morgan fingerprint density at radius 2 is 1.04 bits per heavy atom. The Morgan fingerprint density at radius 1 is 0.615 bits per heavy atom. The molecule has 124 valence electrons. The molecule has 0 radical (unpaired) electrons. The van der Waals surface area contributed by atoms with E-state index in [2.05, 4.69) is 23.7 Å². The van der Waals surface area contributed by atoms with Crippen LogP contribution in [0.4, 0.5) is 0 Å². The third-order valence-electron chi connectivity index (χ3n) is 3.66.